The van der Waals surface area contributed by atoms with E-state index in [1.807, 2.05) is 20.8 Å². The summed E-state index contributed by atoms with van der Waals surface area (Å²) in [6.45, 7) is 8.21. The molecule has 0 aromatic carbocycles. The van der Waals surface area contributed by atoms with Crippen LogP contribution in [0.3, 0.4) is 0 Å². The molecule has 2 fully saturated rings. The van der Waals surface area contributed by atoms with Crippen molar-refractivity contribution >= 4 is 12.1 Å². The predicted octanol–water partition coefficient (Wildman–Crippen LogP) is 3.15. The molecule has 1 amide bonds. The number of ether oxygens (including phenoxy) is 2. The van der Waals surface area contributed by atoms with Crippen molar-refractivity contribution in [2.24, 2.45) is 17.8 Å². The zero-order valence-corrected chi connectivity index (χ0v) is 15.1. The number of hydrogen-bond acceptors (Lipinski definition) is 4. The molecule has 0 radical (unpaired) electrons. The van der Waals surface area contributed by atoms with Crippen LogP contribution in [0.1, 0.15) is 52.9 Å². The van der Waals surface area contributed by atoms with Crippen LogP contribution in [0.4, 0.5) is 4.79 Å². The Hall–Kier alpha value is -1.30. The van der Waals surface area contributed by atoms with Crippen LogP contribution >= 0.6 is 0 Å². The molecule has 0 aromatic rings. The molecule has 0 spiro atoms. The molecule has 1 N–H and O–H groups in total. The van der Waals surface area contributed by atoms with Crippen LogP contribution in [0.2, 0.25) is 0 Å². The standard InChI is InChI=1S/C18H31NO5/c1-18(2,3)24-17(22)19-8-4-14(5-9-19)15(16(20)21)12-13-6-10-23-11-7-13/h13-15H,4-12H2,1-3H3,(H,20,21). The third-order valence-corrected chi connectivity index (χ3v) is 5.01. The van der Waals surface area contributed by atoms with E-state index in [1.165, 1.54) is 0 Å². The molecule has 2 aliphatic heterocycles. The predicted molar refractivity (Wildman–Crippen MR) is 89.8 cm³/mol. The van der Waals surface area contributed by atoms with Gasteiger partial charge < -0.3 is 19.5 Å². The number of carbonyl (C=O) groups excluding carboxylic acids is 1. The molecule has 6 nitrogen and oxygen atoms in total. The maximum atomic E-state index is 12.1. The van der Waals surface area contributed by atoms with Crippen LogP contribution < -0.4 is 0 Å². The van der Waals surface area contributed by atoms with Gasteiger partial charge in [0.2, 0.25) is 0 Å². The molecule has 138 valence electrons. The molecule has 6 heteroatoms. The number of rotatable bonds is 4. The minimum Gasteiger partial charge on any atom is -0.481 e. The Kier molecular flexibility index (Phi) is 6.49. The highest BCUT2D eigenvalue weighted by molar-refractivity contribution is 5.71. The number of aliphatic carboxylic acids is 1. The fraction of sp³-hybridized carbons (Fsp3) is 0.889. The molecule has 0 aromatic heterocycles. The SMILES string of the molecule is CC(C)(C)OC(=O)N1CCC(C(CC2CCOCC2)C(=O)O)CC1. The first-order valence-corrected chi connectivity index (χ1v) is 9.05. The van der Waals surface area contributed by atoms with Crippen LogP contribution in [0, 0.1) is 17.8 Å². The first-order chi connectivity index (χ1) is 11.3. The van der Waals surface area contributed by atoms with Gasteiger partial charge in [0.05, 0.1) is 5.92 Å². The number of hydrogen-bond donors (Lipinski definition) is 1. The van der Waals surface area contributed by atoms with E-state index < -0.39 is 11.6 Å². The molecule has 2 rings (SSSR count). The third-order valence-electron chi connectivity index (χ3n) is 5.01. The van der Waals surface area contributed by atoms with E-state index in [4.69, 9.17) is 9.47 Å². The number of likely N-dealkylation sites (tertiary alicyclic amines) is 1. The van der Waals surface area contributed by atoms with Crippen LogP contribution in [0.5, 0.6) is 0 Å². The lowest BCUT2D eigenvalue weighted by Crippen LogP contribution is -2.44. The van der Waals surface area contributed by atoms with Crippen molar-refractivity contribution < 1.29 is 24.2 Å². The molecule has 24 heavy (non-hydrogen) atoms. The van der Waals surface area contributed by atoms with Gasteiger partial charge >= 0.3 is 12.1 Å². The van der Waals surface area contributed by atoms with Crippen molar-refractivity contribution in [2.75, 3.05) is 26.3 Å². The minimum atomic E-state index is -0.697. The fourth-order valence-corrected chi connectivity index (χ4v) is 3.65. The highest BCUT2D eigenvalue weighted by Crippen LogP contribution is 2.33. The quantitative estimate of drug-likeness (QED) is 0.850. The van der Waals surface area contributed by atoms with Gasteiger partial charge in [-0.05, 0) is 64.7 Å². The second-order valence-electron chi connectivity index (χ2n) is 8.04. The van der Waals surface area contributed by atoms with E-state index in [2.05, 4.69) is 0 Å². The highest BCUT2D eigenvalue weighted by atomic mass is 16.6. The molecule has 2 heterocycles. The summed E-state index contributed by atoms with van der Waals surface area (Å²) in [6, 6.07) is 0. The van der Waals surface area contributed by atoms with E-state index in [0.717, 1.165) is 45.3 Å². The number of amides is 1. The molecule has 0 bridgehead atoms. The number of nitrogens with zero attached hydrogens (tertiary/aromatic N) is 1. The monoisotopic (exact) mass is 341 g/mol. The van der Waals surface area contributed by atoms with Gasteiger partial charge in [0, 0.05) is 26.3 Å². The second-order valence-corrected chi connectivity index (χ2v) is 8.04. The normalized spacial score (nSPS) is 22.2. The fourth-order valence-electron chi connectivity index (χ4n) is 3.65. The van der Waals surface area contributed by atoms with Gasteiger partial charge in [-0.25, -0.2) is 4.79 Å². The minimum absolute atomic E-state index is 0.143. The van der Waals surface area contributed by atoms with Gasteiger partial charge in [-0.2, -0.15) is 0 Å². The highest BCUT2D eigenvalue weighted by Gasteiger charge is 2.35. The van der Waals surface area contributed by atoms with E-state index in [-0.39, 0.29) is 17.9 Å². The molecule has 0 aliphatic carbocycles. The maximum absolute atomic E-state index is 12.1. The maximum Gasteiger partial charge on any atom is 0.410 e. The Morgan fingerprint density at radius 1 is 1.17 bits per heavy atom. The van der Waals surface area contributed by atoms with Crippen LogP contribution in [-0.2, 0) is 14.3 Å². The smallest absolute Gasteiger partial charge is 0.410 e. The van der Waals surface area contributed by atoms with Gasteiger partial charge in [-0.15, -0.1) is 0 Å². The molecular formula is C18H31NO5. The van der Waals surface area contributed by atoms with Crippen molar-refractivity contribution in [3.05, 3.63) is 0 Å². The molecule has 1 unspecified atom stereocenters. The van der Waals surface area contributed by atoms with Gasteiger partial charge in [-0.3, -0.25) is 4.79 Å². The summed E-state index contributed by atoms with van der Waals surface area (Å²) in [5.41, 5.74) is -0.499. The number of carbonyl (C=O) groups is 2. The van der Waals surface area contributed by atoms with E-state index in [1.54, 1.807) is 4.90 Å². The third kappa shape index (κ3) is 5.65. The zero-order valence-electron chi connectivity index (χ0n) is 15.1. The van der Waals surface area contributed by atoms with Gasteiger partial charge in [0.25, 0.3) is 0 Å². The molecule has 2 aliphatic rings. The summed E-state index contributed by atoms with van der Waals surface area (Å²) in [4.78, 5) is 25.6. The van der Waals surface area contributed by atoms with Crippen molar-refractivity contribution in [1.29, 1.82) is 0 Å². The summed E-state index contributed by atoms with van der Waals surface area (Å²) in [6.07, 6.45) is 3.83. The van der Waals surface area contributed by atoms with Crippen molar-refractivity contribution in [2.45, 2.75) is 58.5 Å². The first-order valence-electron chi connectivity index (χ1n) is 9.05. The van der Waals surface area contributed by atoms with Gasteiger partial charge in [-0.1, -0.05) is 0 Å². The molecule has 2 saturated heterocycles. The Balaban J connectivity index is 1.86. The van der Waals surface area contributed by atoms with Crippen LogP contribution in [0.15, 0.2) is 0 Å². The Labute approximate surface area is 144 Å². The lowest BCUT2D eigenvalue weighted by atomic mass is 9.77. The topological polar surface area (TPSA) is 76.1 Å². The van der Waals surface area contributed by atoms with Crippen molar-refractivity contribution in [3.8, 4) is 0 Å². The second kappa shape index (κ2) is 8.19. The summed E-state index contributed by atoms with van der Waals surface area (Å²) < 4.78 is 10.8. The number of piperidine rings is 1. The van der Waals surface area contributed by atoms with E-state index in [0.29, 0.717) is 19.0 Å². The number of carboxylic acids is 1. The summed E-state index contributed by atoms with van der Waals surface area (Å²) >= 11 is 0. The van der Waals surface area contributed by atoms with E-state index >= 15 is 0 Å². The lowest BCUT2D eigenvalue weighted by Gasteiger charge is -2.36. The lowest BCUT2D eigenvalue weighted by molar-refractivity contribution is -0.145. The summed E-state index contributed by atoms with van der Waals surface area (Å²) in [5, 5.41) is 9.65. The summed E-state index contributed by atoms with van der Waals surface area (Å²) in [7, 11) is 0. The van der Waals surface area contributed by atoms with Gasteiger partial charge in [0.15, 0.2) is 0 Å². The zero-order chi connectivity index (χ0) is 17.7. The van der Waals surface area contributed by atoms with Crippen LogP contribution in [-0.4, -0.2) is 54.0 Å². The first kappa shape index (κ1) is 19.0. The summed E-state index contributed by atoms with van der Waals surface area (Å²) in [5.74, 6) is -0.418. The van der Waals surface area contributed by atoms with E-state index in [9.17, 15) is 14.7 Å². The van der Waals surface area contributed by atoms with Crippen molar-refractivity contribution in [3.63, 3.8) is 0 Å². The molecule has 0 saturated carbocycles. The van der Waals surface area contributed by atoms with Gasteiger partial charge in [0.1, 0.15) is 5.60 Å². The van der Waals surface area contributed by atoms with Crippen molar-refractivity contribution in [1.82, 2.24) is 4.90 Å². The largest absolute Gasteiger partial charge is 0.481 e. The Morgan fingerprint density at radius 3 is 2.25 bits per heavy atom. The Morgan fingerprint density at radius 2 is 1.75 bits per heavy atom. The molecule has 1 atom stereocenters. The average Bonchev–Trinajstić information content (AvgIpc) is 2.52. The number of carboxylic acid groups (broad SMARTS) is 1. The average molecular weight is 341 g/mol. The van der Waals surface area contributed by atoms with Crippen LogP contribution in [0.25, 0.3) is 0 Å². The molecular weight excluding hydrogens is 310 g/mol. The Bertz CT molecular complexity index is 431.